The van der Waals surface area contributed by atoms with E-state index >= 15 is 0 Å². The molecule has 1 fully saturated rings. The van der Waals surface area contributed by atoms with E-state index in [4.69, 9.17) is 0 Å². The third-order valence-electron chi connectivity index (χ3n) is 6.76. The lowest BCUT2D eigenvalue weighted by atomic mass is 9.82. The number of nitrogens with zero attached hydrogens (tertiary/aromatic N) is 4. The lowest BCUT2D eigenvalue weighted by molar-refractivity contribution is 0.0694. The number of hydrogen-bond acceptors (Lipinski definition) is 6. The Bertz CT molecular complexity index is 1230. The van der Waals surface area contributed by atoms with Crippen LogP contribution in [0.25, 0.3) is 11.1 Å². The second-order valence-corrected chi connectivity index (χ2v) is 9.00. The van der Waals surface area contributed by atoms with Gasteiger partial charge < -0.3 is 20.2 Å². The molecular weight excluding hydrogens is 430 g/mol. The third-order valence-corrected chi connectivity index (χ3v) is 6.76. The summed E-state index contributed by atoms with van der Waals surface area (Å²) in [6, 6.07) is 13.3. The molecule has 8 nitrogen and oxygen atoms in total. The molecule has 2 aliphatic rings. The van der Waals surface area contributed by atoms with Gasteiger partial charge in [0, 0.05) is 50.2 Å². The van der Waals surface area contributed by atoms with Gasteiger partial charge in [0.15, 0.2) is 0 Å². The van der Waals surface area contributed by atoms with Crippen molar-refractivity contribution < 1.29 is 14.7 Å². The normalized spacial score (nSPS) is 20.8. The van der Waals surface area contributed by atoms with E-state index in [0.29, 0.717) is 17.8 Å². The summed E-state index contributed by atoms with van der Waals surface area (Å²) < 4.78 is 0. The first-order valence-electron chi connectivity index (χ1n) is 11.4. The number of benzene rings is 2. The maximum absolute atomic E-state index is 13.3. The first-order valence-corrected chi connectivity index (χ1v) is 11.4. The summed E-state index contributed by atoms with van der Waals surface area (Å²) in [7, 11) is 3.47. The summed E-state index contributed by atoms with van der Waals surface area (Å²) in [5.74, 6) is -0.131. The second-order valence-electron chi connectivity index (χ2n) is 9.00. The smallest absolute Gasteiger partial charge is 0.274 e. The van der Waals surface area contributed by atoms with Crippen molar-refractivity contribution in [3.8, 4) is 11.1 Å². The SMILES string of the molecule is CN(C)C(=O)c1cccc(-c2ccc3c(c2)[C@H]2[C@H](CCN2C(=O)c2cnccn2)[C@H](CO)N3)c1. The minimum atomic E-state index is -0.186. The number of anilines is 1. The van der Waals surface area contributed by atoms with Crippen LogP contribution in [0.4, 0.5) is 5.69 Å². The van der Waals surface area contributed by atoms with Crippen molar-refractivity contribution in [2.75, 3.05) is 32.6 Å². The van der Waals surface area contributed by atoms with Gasteiger partial charge in [0.2, 0.25) is 0 Å². The van der Waals surface area contributed by atoms with Crippen LogP contribution in [0.15, 0.2) is 61.1 Å². The number of carbonyl (C=O) groups excluding carboxylic acids is 2. The molecule has 2 aliphatic heterocycles. The van der Waals surface area contributed by atoms with Crippen LogP contribution in [-0.2, 0) is 0 Å². The van der Waals surface area contributed by atoms with Crippen LogP contribution in [0, 0.1) is 5.92 Å². The van der Waals surface area contributed by atoms with Gasteiger partial charge in [0.1, 0.15) is 5.69 Å². The van der Waals surface area contributed by atoms with Crippen molar-refractivity contribution >= 4 is 17.5 Å². The molecule has 0 radical (unpaired) electrons. The Hall–Kier alpha value is -3.78. The minimum absolute atomic E-state index is 0.00970. The molecule has 5 rings (SSSR count). The van der Waals surface area contributed by atoms with Crippen LogP contribution in [0.2, 0.25) is 0 Å². The Balaban J connectivity index is 1.55. The molecule has 1 saturated heterocycles. The van der Waals surface area contributed by atoms with E-state index in [9.17, 15) is 14.7 Å². The number of aliphatic hydroxyl groups is 1. The highest BCUT2D eigenvalue weighted by molar-refractivity contribution is 5.95. The fourth-order valence-corrected chi connectivity index (χ4v) is 5.12. The van der Waals surface area contributed by atoms with Crippen molar-refractivity contribution in [3.63, 3.8) is 0 Å². The van der Waals surface area contributed by atoms with E-state index in [1.54, 1.807) is 25.2 Å². The maximum atomic E-state index is 13.3. The Kier molecular flexibility index (Phi) is 5.75. The topological polar surface area (TPSA) is 98.7 Å². The van der Waals surface area contributed by atoms with Gasteiger partial charge >= 0.3 is 0 Å². The van der Waals surface area contributed by atoms with Gasteiger partial charge in [-0.3, -0.25) is 14.6 Å². The predicted octanol–water partition coefficient (Wildman–Crippen LogP) is 2.84. The standard InChI is InChI=1S/C26H27N5O3/c1-30(2)25(33)18-5-3-4-16(12-18)17-6-7-21-20(13-17)24-19(23(15-32)29-21)8-11-31(24)26(34)22-14-27-9-10-28-22/h3-7,9-10,12-14,19,23-24,29,32H,8,11,15H2,1-2H3/t19-,23+,24-/m1/s1. The van der Waals surface area contributed by atoms with Gasteiger partial charge in [-0.05, 0) is 47.4 Å². The van der Waals surface area contributed by atoms with Crippen molar-refractivity contribution in [1.29, 1.82) is 0 Å². The number of carbonyl (C=O) groups is 2. The number of likely N-dealkylation sites (tertiary alicyclic amines) is 1. The molecule has 2 aromatic carbocycles. The molecule has 0 bridgehead atoms. The van der Waals surface area contributed by atoms with E-state index < -0.39 is 0 Å². The highest BCUT2D eigenvalue weighted by Crippen LogP contribution is 2.47. The predicted molar refractivity (Wildman–Crippen MR) is 128 cm³/mol. The number of hydrogen-bond donors (Lipinski definition) is 2. The number of rotatable bonds is 4. The monoisotopic (exact) mass is 457 g/mol. The van der Waals surface area contributed by atoms with Crippen LogP contribution in [0.3, 0.4) is 0 Å². The second kappa shape index (κ2) is 8.87. The Morgan fingerprint density at radius 2 is 1.97 bits per heavy atom. The zero-order valence-electron chi connectivity index (χ0n) is 19.2. The number of aromatic nitrogens is 2. The summed E-state index contributed by atoms with van der Waals surface area (Å²) in [5.41, 5.74) is 4.75. The zero-order valence-corrected chi connectivity index (χ0v) is 19.2. The van der Waals surface area contributed by atoms with Gasteiger partial charge in [0.05, 0.1) is 24.9 Å². The lowest BCUT2D eigenvalue weighted by Crippen LogP contribution is -2.43. The van der Waals surface area contributed by atoms with E-state index in [2.05, 4.69) is 21.4 Å². The van der Waals surface area contributed by atoms with Gasteiger partial charge in [-0.2, -0.15) is 0 Å². The largest absolute Gasteiger partial charge is 0.394 e. The van der Waals surface area contributed by atoms with E-state index in [1.807, 2.05) is 41.3 Å². The fraction of sp³-hybridized carbons (Fsp3) is 0.308. The van der Waals surface area contributed by atoms with Crippen LogP contribution in [-0.4, -0.2) is 70.0 Å². The van der Waals surface area contributed by atoms with Crippen LogP contribution >= 0.6 is 0 Å². The van der Waals surface area contributed by atoms with Gasteiger partial charge in [0.25, 0.3) is 11.8 Å². The summed E-state index contributed by atoms with van der Waals surface area (Å²) in [4.78, 5) is 37.5. The molecule has 0 aliphatic carbocycles. The van der Waals surface area contributed by atoms with Crippen molar-refractivity contribution in [3.05, 3.63) is 77.9 Å². The molecule has 2 N–H and O–H groups in total. The zero-order chi connectivity index (χ0) is 23.8. The number of fused-ring (bicyclic) bond motifs is 3. The molecule has 0 saturated carbocycles. The fourth-order valence-electron chi connectivity index (χ4n) is 5.12. The van der Waals surface area contributed by atoms with Crippen LogP contribution in [0.1, 0.15) is 38.9 Å². The van der Waals surface area contributed by atoms with Gasteiger partial charge in [-0.25, -0.2) is 4.98 Å². The molecule has 174 valence electrons. The summed E-state index contributed by atoms with van der Waals surface area (Å²) >= 11 is 0. The Labute approximate surface area is 198 Å². The molecule has 3 heterocycles. The van der Waals surface area contributed by atoms with Crippen molar-refractivity contribution in [2.24, 2.45) is 5.92 Å². The molecule has 8 heteroatoms. The van der Waals surface area contributed by atoms with E-state index in [1.165, 1.54) is 12.4 Å². The third kappa shape index (κ3) is 3.80. The van der Waals surface area contributed by atoms with Crippen LogP contribution in [0.5, 0.6) is 0 Å². The molecule has 3 atom stereocenters. The molecule has 1 aromatic heterocycles. The molecular formula is C26H27N5O3. The molecule has 0 unspecified atom stereocenters. The van der Waals surface area contributed by atoms with E-state index in [0.717, 1.165) is 28.8 Å². The molecule has 3 aromatic rings. The average Bonchev–Trinajstić information content (AvgIpc) is 3.33. The Morgan fingerprint density at radius 1 is 1.15 bits per heavy atom. The Morgan fingerprint density at radius 3 is 2.71 bits per heavy atom. The summed E-state index contributed by atoms with van der Waals surface area (Å²) in [5, 5.41) is 13.5. The van der Waals surface area contributed by atoms with Gasteiger partial charge in [-0.1, -0.05) is 18.2 Å². The number of nitrogens with one attached hydrogen (secondary N) is 1. The number of aliphatic hydroxyl groups excluding tert-OH is 1. The minimum Gasteiger partial charge on any atom is -0.394 e. The summed E-state index contributed by atoms with van der Waals surface area (Å²) in [6.07, 6.45) is 5.34. The molecule has 34 heavy (non-hydrogen) atoms. The molecule has 0 spiro atoms. The van der Waals surface area contributed by atoms with Crippen LogP contribution < -0.4 is 5.32 Å². The average molecular weight is 458 g/mol. The molecule has 2 amide bonds. The quantitative estimate of drug-likeness (QED) is 0.625. The van der Waals surface area contributed by atoms with Crippen molar-refractivity contribution in [1.82, 2.24) is 19.8 Å². The first kappa shape index (κ1) is 22.0. The number of amides is 2. The van der Waals surface area contributed by atoms with Gasteiger partial charge in [-0.15, -0.1) is 0 Å². The maximum Gasteiger partial charge on any atom is 0.274 e. The van der Waals surface area contributed by atoms with Crippen molar-refractivity contribution in [2.45, 2.75) is 18.5 Å². The lowest BCUT2D eigenvalue weighted by Gasteiger charge is -2.39. The highest BCUT2D eigenvalue weighted by Gasteiger charge is 2.46. The summed E-state index contributed by atoms with van der Waals surface area (Å²) in [6.45, 7) is 0.573. The van der Waals surface area contributed by atoms with E-state index in [-0.39, 0.29) is 36.4 Å². The first-order chi connectivity index (χ1) is 16.5. The highest BCUT2D eigenvalue weighted by atomic mass is 16.3.